The van der Waals surface area contributed by atoms with E-state index in [0.29, 0.717) is 23.5 Å². The highest BCUT2D eigenvalue weighted by Gasteiger charge is 2.52. The van der Waals surface area contributed by atoms with Crippen LogP contribution in [0.25, 0.3) is 42.6 Å². The average molecular weight is 870 g/mol. The maximum atomic E-state index is 7.35. The molecule has 4 aromatic carbocycles. The maximum absolute atomic E-state index is 7.35. The first kappa shape index (κ1) is 43.0. The molecule has 0 aliphatic carbocycles. The first-order valence-electron chi connectivity index (χ1n) is 20.6. The summed E-state index contributed by atoms with van der Waals surface area (Å²) in [6.07, 6.45) is 8.51. The van der Waals surface area contributed by atoms with E-state index in [1.807, 2.05) is 67.6 Å². The van der Waals surface area contributed by atoms with E-state index in [9.17, 15) is 0 Å². The number of fused-ring (bicyclic) bond motifs is 2. The molecule has 0 spiro atoms. The zero-order chi connectivity index (χ0) is 42.8. The Morgan fingerprint density at radius 3 is 1.68 bits per heavy atom. The third-order valence-corrected chi connectivity index (χ3v) is 13.2. The highest BCUT2D eigenvalue weighted by atomic mass is 79.9. The number of aromatic nitrogens is 2. The summed E-state index contributed by atoms with van der Waals surface area (Å²) in [7, 11) is -0.330. The second-order valence-corrected chi connectivity index (χ2v) is 17.7. The number of nitrogens with zero attached hydrogens (tertiary/aromatic N) is 4. The van der Waals surface area contributed by atoms with Crippen molar-refractivity contribution in [3.05, 3.63) is 124 Å². The zero-order valence-electron chi connectivity index (χ0n) is 35.4. The quantitative estimate of drug-likeness (QED) is 0.104. The Hall–Kier alpha value is -5.08. The summed E-state index contributed by atoms with van der Waals surface area (Å²) in [5, 5.41) is 2.24. The number of anilines is 2. The molecule has 12 heteroatoms. The second-order valence-electron chi connectivity index (χ2n) is 16.8. The smallest absolute Gasteiger partial charge is 0.399 e. The molecule has 9 rings (SSSR count). The Labute approximate surface area is 362 Å². The zero-order valence-corrected chi connectivity index (χ0v) is 37.0. The Kier molecular flexibility index (Phi) is 12.8. The summed E-state index contributed by atoms with van der Waals surface area (Å²) in [6, 6.07) is 24.7. The van der Waals surface area contributed by atoms with Crippen molar-refractivity contribution in [1.82, 2.24) is 9.13 Å². The van der Waals surface area contributed by atoms with Crippen molar-refractivity contribution in [3.8, 4) is 11.1 Å². The van der Waals surface area contributed by atoms with Gasteiger partial charge in [-0.15, -0.1) is 0 Å². The van der Waals surface area contributed by atoms with Crippen LogP contribution in [0.1, 0.15) is 76.6 Å². The lowest BCUT2D eigenvalue weighted by molar-refractivity contribution is 0.00578. The summed E-state index contributed by atoms with van der Waals surface area (Å²) in [5.74, 6) is 0. The lowest BCUT2D eigenvalue weighted by atomic mass is 9.76. The fraction of sp³-hybridized carbons (Fsp3) is 0.375. The minimum atomic E-state index is -0.330. The molecule has 3 saturated heterocycles. The highest BCUT2D eigenvalue weighted by Crippen LogP contribution is 2.40. The number of ether oxygens (including phenoxy) is 2. The molecule has 4 N–H and O–H groups in total. The van der Waals surface area contributed by atoms with Crippen LogP contribution in [0, 0.1) is 27.0 Å². The summed E-state index contributed by atoms with van der Waals surface area (Å²) in [5.41, 5.74) is 22.1. The van der Waals surface area contributed by atoms with Gasteiger partial charge in [-0.2, -0.15) is 0 Å². The summed E-state index contributed by atoms with van der Waals surface area (Å²) >= 11 is 3.59. The van der Waals surface area contributed by atoms with Gasteiger partial charge in [-0.3, -0.25) is 0 Å². The van der Waals surface area contributed by atoms with Gasteiger partial charge in [-0.05, 0) is 147 Å². The van der Waals surface area contributed by atoms with Gasteiger partial charge in [0.15, 0.2) is 11.4 Å². The van der Waals surface area contributed by atoms with E-state index in [1.54, 1.807) is 0 Å². The van der Waals surface area contributed by atoms with Crippen molar-refractivity contribution in [2.24, 2.45) is 0 Å². The first-order valence-corrected chi connectivity index (χ1v) is 21.4. The van der Waals surface area contributed by atoms with E-state index in [2.05, 4.69) is 93.9 Å². The van der Waals surface area contributed by atoms with E-state index in [1.165, 1.54) is 11.0 Å². The third-order valence-electron chi connectivity index (χ3n) is 12.6. The Morgan fingerprint density at radius 1 is 0.650 bits per heavy atom. The number of hydrogen-bond donors (Lipinski definition) is 2. The van der Waals surface area contributed by atoms with Gasteiger partial charge in [-0.25, -0.2) is 9.69 Å². The molecule has 2 aromatic heterocycles. The summed E-state index contributed by atoms with van der Waals surface area (Å²) in [4.78, 5) is 7.10. The molecule has 3 aliphatic rings. The van der Waals surface area contributed by atoms with E-state index in [4.69, 9.17) is 43.4 Å². The monoisotopic (exact) mass is 868 g/mol. The van der Waals surface area contributed by atoms with Crippen LogP contribution in [0.15, 0.2) is 89.7 Å². The topological polar surface area (TPSA) is 108 Å². The van der Waals surface area contributed by atoms with Gasteiger partial charge in [-0.1, -0.05) is 36.4 Å². The summed E-state index contributed by atoms with van der Waals surface area (Å²) < 4.78 is 28.7. The minimum absolute atomic E-state index is 0.311. The molecule has 3 aliphatic heterocycles. The van der Waals surface area contributed by atoms with Crippen LogP contribution >= 0.6 is 15.9 Å². The van der Waals surface area contributed by atoms with Crippen molar-refractivity contribution in [1.29, 1.82) is 0 Å². The molecule has 0 saturated carbocycles. The van der Waals surface area contributed by atoms with E-state index >= 15 is 0 Å². The predicted molar refractivity (Wildman–Crippen MR) is 248 cm³/mol. The number of benzene rings is 4. The lowest BCUT2D eigenvalue weighted by Crippen LogP contribution is -2.41. The van der Waals surface area contributed by atoms with Gasteiger partial charge in [0.25, 0.3) is 0 Å². The molecule has 5 heterocycles. The lowest BCUT2D eigenvalue weighted by Gasteiger charge is -2.32. The molecule has 6 aromatic rings. The fourth-order valence-corrected chi connectivity index (χ4v) is 8.71. The molecule has 0 bridgehead atoms. The van der Waals surface area contributed by atoms with Crippen molar-refractivity contribution >= 4 is 73.1 Å². The molecule has 60 heavy (non-hydrogen) atoms. The Morgan fingerprint density at radius 2 is 1.13 bits per heavy atom. The Bertz CT molecular complexity index is 2570. The molecule has 0 atom stereocenters. The molecule has 0 amide bonds. The van der Waals surface area contributed by atoms with Crippen molar-refractivity contribution in [2.45, 2.75) is 90.5 Å². The highest BCUT2D eigenvalue weighted by molar-refractivity contribution is 9.10. The van der Waals surface area contributed by atoms with Crippen molar-refractivity contribution in [2.75, 3.05) is 37.9 Å². The molecule has 10 nitrogen and oxygen atoms in total. The molecule has 0 unspecified atom stereocenters. The number of nitrogen functional groups attached to an aromatic ring is 2. The second kappa shape index (κ2) is 17.9. The van der Waals surface area contributed by atoms with Gasteiger partial charge >= 0.3 is 7.12 Å². The molecule has 3 fully saturated rings. The van der Waals surface area contributed by atoms with E-state index in [-0.39, 0.29) is 18.3 Å². The van der Waals surface area contributed by atoms with E-state index < -0.39 is 0 Å². The van der Waals surface area contributed by atoms with Crippen LogP contribution in [-0.4, -0.2) is 53.9 Å². The van der Waals surface area contributed by atoms with Crippen molar-refractivity contribution in [3.63, 3.8) is 0 Å². The Balaban J connectivity index is 0.000000140. The molecule has 310 valence electrons. The standard InChI is InChI=1S/C21H21N3O.C14H13BrN2O.C13H20BNO2/c1-14-17(4-3-5-20(14)22)19-13-24(16-8-10-25-11-9-16)21-7-6-15(23-2)12-18(19)21;1-16-10-2-3-14-12(8-10)13(15)9-17(14)11-4-6-18-7-5-11;1-9-10(7-6-8-11(9)15)14-16-12(2,3)13(4,5)17-14/h3-7,12-13,16H,8-11,22H2,1H3;2-3,8-9,11H,4-7H2;6-8H,15H2,1-5H3. The number of hydrogen-bond acceptors (Lipinski definition) is 6. The SMILES string of the molecule is Cc1c(N)cccc1B1OC(C)(C)C(C)(C)O1.[C-]#[N+]c1ccc2c(c1)c(-c1cccc(N)c1C)cn2C1CCOCC1.[C-]#[N+]c1ccc2c(c1)c(Br)cn2C1CCOCC1. The summed E-state index contributed by atoms with van der Waals surface area (Å²) in [6.45, 7) is 30.0. The molecular formula is C48H54BBrN6O4. The van der Waals surface area contributed by atoms with Crippen LogP contribution in [0.3, 0.4) is 0 Å². The van der Waals surface area contributed by atoms with Crippen LogP contribution in [-0.2, 0) is 18.8 Å². The number of halogens is 1. The number of nitrogens with two attached hydrogens (primary N) is 2. The minimum Gasteiger partial charge on any atom is -0.399 e. The van der Waals surface area contributed by atoms with Gasteiger partial charge in [0.05, 0.1) is 24.3 Å². The largest absolute Gasteiger partial charge is 0.495 e. The van der Waals surface area contributed by atoms with Gasteiger partial charge in [0, 0.05) is 88.7 Å². The van der Waals surface area contributed by atoms with Gasteiger partial charge in [0.2, 0.25) is 0 Å². The maximum Gasteiger partial charge on any atom is 0.495 e. The number of rotatable bonds is 4. The first-order chi connectivity index (χ1) is 28.7. The van der Waals surface area contributed by atoms with Crippen LogP contribution in [0.4, 0.5) is 22.7 Å². The van der Waals surface area contributed by atoms with Gasteiger partial charge in [0.1, 0.15) is 0 Å². The molecular weight excluding hydrogens is 815 g/mol. The average Bonchev–Trinajstić information content (AvgIpc) is 3.87. The van der Waals surface area contributed by atoms with Crippen molar-refractivity contribution < 1.29 is 18.8 Å². The van der Waals surface area contributed by atoms with Crippen LogP contribution < -0.4 is 16.9 Å². The van der Waals surface area contributed by atoms with Crippen LogP contribution in [0.5, 0.6) is 0 Å². The van der Waals surface area contributed by atoms with Gasteiger partial charge < -0.3 is 39.4 Å². The predicted octanol–water partition coefficient (Wildman–Crippen LogP) is 11.3. The normalized spacial score (nSPS) is 17.6. The molecule has 0 radical (unpaired) electrons. The third kappa shape index (κ3) is 8.72. The van der Waals surface area contributed by atoms with E-state index in [0.717, 1.165) is 106 Å². The fourth-order valence-electron chi connectivity index (χ4n) is 8.17. The van der Waals surface area contributed by atoms with Crippen LogP contribution in [0.2, 0.25) is 0 Å².